The van der Waals surface area contributed by atoms with E-state index in [1.165, 1.54) is 6.39 Å². The maximum Gasteiger partial charge on any atom is 0.276 e. The van der Waals surface area contributed by atoms with Gasteiger partial charge in [0.05, 0.1) is 6.04 Å². The van der Waals surface area contributed by atoms with Crippen molar-refractivity contribution in [2.24, 2.45) is 0 Å². The lowest BCUT2D eigenvalue weighted by Crippen LogP contribution is -2.50. The number of para-hydroxylation sites is 1. The first-order valence-corrected chi connectivity index (χ1v) is 8.65. The summed E-state index contributed by atoms with van der Waals surface area (Å²) in [6, 6.07) is 9.16. The monoisotopic (exact) mass is 344 g/mol. The lowest BCUT2D eigenvalue weighted by Gasteiger charge is -2.33. The number of aryl methyl sites for hydroxylation is 1. The number of oxazole rings is 1. The molecule has 0 radical (unpaired) electrons. The summed E-state index contributed by atoms with van der Waals surface area (Å²) in [5, 5.41) is 10.9. The summed E-state index contributed by atoms with van der Waals surface area (Å²) in [4.78, 5) is 18.3. The van der Waals surface area contributed by atoms with Crippen LogP contribution in [0.25, 0.3) is 0 Å². The molecule has 2 aromatic rings. The van der Waals surface area contributed by atoms with Crippen LogP contribution in [0.4, 0.5) is 0 Å². The second-order valence-electron chi connectivity index (χ2n) is 6.48. The topological polar surface area (TPSA) is 75.8 Å². The van der Waals surface area contributed by atoms with Gasteiger partial charge >= 0.3 is 0 Å². The maximum atomic E-state index is 12.7. The fourth-order valence-corrected chi connectivity index (χ4v) is 3.34. The summed E-state index contributed by atoms with van der Waals surface area (Å²) >= 11 is 0. The van der Waals surface area contributed by atoms with Gasteiger partial charge in [-0.2, -0.15) is 0 Å². The standard InChI is InChI=1S/C19H24N2O4/c1-13-17(20-12-24-13)19(23)21(2)15-10-6-7-11-16(18(15)22)25-14-8-4-3-5-9-14/h3-5,8-9,12,15-16,18,22H,6-7,10-11H2,1-2H3/t15-,16-,18-/m1/s1. The van der Waals surface area contributed by atoms with E-state index in [1.54, 1.807) is 18.9 Å². The van der Waals surface area contributed by atoms with Crippen molar-refractivity contribution in [3.63, 3.8) is 0 Å². The third-order valence-electron chi connectivity index (χ3n) is 4.81. The summed E-state index contributed by atoms with van der Waals surface area (Å²) < 4.78 is 11.1. The van der Waals surface area contributed by atoms with Crippen molar-refractivity contribution in [1.29, 1.82) is 0 Å². The molecule has 1 saturated carbocycles. The number of rotatable bonds is 4. The van der Waals surface area contributed by atoms with Crippen molar-refractivity contribution < 1.29 is 19.1 Å². The molecular formula is C19H24N2O4. The van der Waals surface area contributed by atoms with Crippen LogP contribution in [0.2, 0.25) is 0 Å². The number of hydrogen-bond acceptors (Lipinski definition) is 5. The van der Waals surface area contributed by atoms with E-state index in [4.69, 9.17) is 9.15 Å². The first-order valence-electron chi connectivity index (χ1n) is 8.65. The molecule has 0 bridgehead atoms. The highest BCUT2D eigenvalue weighted by Gasteiger charge is 2.36. The number of carbonyl (C=O) groups excluding carboxylic acids is 1. The van der Waals surface area contributed by atoms with Crippen LogP contribution in [0.15, 0.2) is 41.1 Å². The molecule has 25 heavy (non-hydrogen) atoms. The second kappa shape index (κ2) is 7.70. The van der Waals surface area contributed by atoms with Gasteiger partial charge in [0, 0.05) is 7.05 Å². The van der Waals surface area contributed by atoms with Gasteiger partial charge in [-0.25, -0.2) is 4.98 Å². The van der Waals surface area contributed by atoms with Crippen LogP contribution in [-0.2, 0) is 0 Å². The van der Waals surface area contributed by atoms with Gasteiger partial charge in [-0.3, -0.25) is 4.79 Å². The van der Waals surface area contributed by atoms with E-state index in [0.717, 1.165) is 31.4 Å². The van der Waals surface area contributed by atoms with E-state index in [-0.39, 0.29) is 18.1 Å². The molecule has 3 atom stereocenters. The van der Waals surface area contributed by atoms with Gasteiger partial charge in [-0.15, -0.1) is 0 Å². The average Bonchev–Trinajstić information content (AvgIpc) is 2.97. The smallest absolute Gasteiger partial charge is 0.276 e. The van der Waals surface area contributed by atoms with Gasteiger partial charge in [0.1, 0.15) is 23.7 Å². The van der Waals surface area contributed by atoms with Crippen LogP contribution in [0.3, 0.4) is 0 Å². The van der Waals surface area contributed by atoms with Gasteiger partial charge in [-0.05, 0) is 38.3 Å². The highest BCUT2D eigenvalue weighted by atomic mass is 16.5. The minimum Gasteiger partial charge on any atom is -0.488 e. The molecule has 6 heteroatoms. The third-order valence-corrected chi connectivity index (χ3v) is 4.81. The van der Waals surface area contributed by atoms with E-state index in [9.17, 15) is 9.90 Å². The van der Waals surface area contributed by atoms with Crippen molar-refractivity contribution in [2.45, 2.75) is 50.9 Å². The predicted molar refractivity (Wildman–Crippen MR) is 92.5 cm³/mol. The highest BCUT2D eigenvalue weighted by Crippen LogP contribution is 2.27. The number of likely N-dealkylation sites (N-methyl/N-ethyl adjacent to an activating group) is 1. The minimum atomic E-state index is -0.760. The van der Waals surface area contributed by atoms with Gasteiger partial charge in [0.25, 0.3) is 5.91 Å². The number of amides is 1. The number of nitrogens with zero attached hydrogens (tertiary/aromatic N) is 2. The SMILES string of the molecule is Cc1ocnc1C(=O)N(C)[C@@H]1CCCC[C@@H](Oc2ccccc2)[C@@H]1O. The number of benzene rings is 1. The van der Waals surface area contributed by atoms with Crippen LogP contribution < -0.4 is 4.74 Å². The second-order valence-corrected chi connectivity index (χ2v) is 6.48. The zero-order valence-corrected chi connectivity index (χ0v) is 14.6. The van der Waals surface area contributed by atoms with E-state index < -0.39 is 6.10 Å². The molecule has 1 aliphatic rings. The van der Waals surface area contributed by atoms with Crippen molar-refractivity contribution in [3.8, 4) is 5.75 Å². The van der Waals surface area contributed by atoms with Crippen LogP contribution in [0.5, 0.6) is 5.75 Å². The Labute approximate surface area is 147 Å². The third kappa shape index (κ3) is 3.85. The van der Waals surface area contributed by atoms with Crippen molar-refractivity contribution in [2.75, 3.05) is 7.05 Å². The normalized spacial score (nSPS) is 23.7. The summed E-state index contributed by atoms with van der Waals surface area (Å²) in [6.07, 6.45) is 3.54. The Morgan fingerprint density at radius 2 is 2.00 bits per heavy atom. The Bertz CT molecular complexity index is 700. The Kier molecular flexibility index (Phi) is 5.38. The molecule has 3 rings (SSSR count). The summed E-state index contributed by atoms with van der Waals surface area (Å²) in [5.74, 6) is 0.973. The zero-order valence-electron chi connectivity index (χ0n) is 14.6. The quantitative estimate of drug-likeness (QED) is 0.863. The van der Waals surface area contributed by atoms with Crippen molar-refractivity contribution >= 4 is 5.91 Å². The van der Waals surface area contributed by atoms with Crippen LogP contribution in [-0.4, -0.2) is 46.2 Å². The number of aromatic nitrogens is 1. The minimum absolute atomic E-state index is 0.240. The molecule has 1 heterocycles. The number of aliphatic hydroxyl groups excluding tert-OH is 1. The molecule has 1 amide bonds. The molecule has 1 N–H and O–H groups in total. The molecule has 1 aromatic heterocycles. The lowest BCUT2D eigenvalue weighted by atomic mass is 10.0. The van der Waals surface area contributed by atoms with Crippen molar-refractivity contribution in [1.82, 2.24) is 9.88 Å². The largest absolute Gasteiger partial charge is 0.488 e. The molecule has 0 saturated heterocycles. The van der Waals surface area contributed by atoms with Gasteiger partial charge in [0.2, 0.25) is 0 Å². The summed E-state index contributed by atoms with van der Waals surface area (Å²) in [7, 11) is 1.70. The Morgan fingerprint density at radius 1 is 1.28 bits per heavy atom. The molecule has 1 aromatic carbocycles. The Hall–Kier alpha value is -2.34. The molecule has 134 valence electrons. The predicted octanol–water partition coefficient (Wildman–Crippen LogP) is 2.81. The zero-order chi connectivity index (χ0) is 17.8. The van der Waals surface area contributed by atoms with E-state index in [0.29, 0.717) is 11.5 Å². The summed E-state index contributed by atoms with van der Waals surface area (Å²) in [6.45, 7) is 1.71. The van der Waals surface area contributed by atoms with E-state index in [2.05, 4.69) is 4.98 Å². The van der Waals surface area contributed by atoms with Gasteiger partial charge < -0.3 is 19.2 Å². The van der Waals surface area contributed by atoms with Gasteiger partial charge in [0.15, 0.2) is 12.1 Å². The Morgan fingerprint density at radius 3 is 2.68 bits per heavy atom. The molecule has 0 unspecified atom stereocenters. The first kappa shape index (κ1) is 17.5. The van der Waals surface area contributed by atoms with Crippen LogP contribution in [0, 0.1) is 6.92 Å². The van der Waals surface area contributed by atoms with Gasteiger partial charge in [-0.1, -0.05) is 24.6 Å². The highest BCUT2D eigenvalue weighted by molar-refractivity contribution is 5.93. The van der Waals surface area contributed by atoms with Crippen LogP contribution >= 0.6 is 0 Å². The fraction of sp³-hybridized carbons (Fsp3) is 0.474. The fourth-order valence-electron chi connectivity index (χ4n) is 3.34. The molecule has 0 aliphatic heterocycles. The molecule has 6 nitrogen and oxygen atoms in total. The molecule has 1 aliphatic carbocycles. The molecule has 0 spiro atoms. The van der Waals surface area contributed by atoms with Crippen molar-refractivity contribution in [3.05, 3.63) is 48.2 Å². The van der Waals surface area contributed by atoms with E-state index in [1.807, 2.05) is 30.3 Å². The Balaban J connectivity index is 1.75. The lowest BCUT2D eigenvalue weighted by molar-refractivity contribution is -0.0144. The summed E-state index contributed by atoms with van der Waals surface area (Å²) in [5.41, 5.74) is 0.291. The number of aliphatic hydroxyl groups is 1. The van der Waals surface area contributed by atoms with Crippen LogP contribution in [0.1, 0.15) is 41.9 Å². The number of hydrogen-bond donors (Lipinski definition) is 1. The molecule has 1 fully saturated rings. The maximum absolute atomic E-state index is 12.7. The number of ether oxygens (including phenoxy) is 1. The number of carbonyl (C=O) groups is 1. The first-order chi connectivity index (χ1) is 12.1. The average molecular weight is 344 g/mol. The molecular weight excluding hydrogens is 320 g/mol. The van der Waals surface area contributed by atoms with E-state index >= 15 is 0 Å².